The summed E-state index contributed by atoms with van der Waals surface area (Å²) in [4.78, 5) is 3.73. The van der Waals surface area contributed by atoms with Gasteiger partial charge in [-0.3, -0.25) is 10.8 Å². The minimum Gasteiger partial charge on any atom is -0.404 e. The second-order valence-electron chi connectivity index (χ2n) is 3.01. The number of benzene rings is 1. The number of nitrogens with one attached hydrogen (secondary N) is 2. The molecule has 1 aromatic carbocycles. The van der Waals surface area contributed by atoms with Gasteiger partial charge in [-0.25, -0.2) is 4.99 Å². The lowest BCUT2D eigenvalue weighted by Gasteiger charge is -2.00. The molecule has 0 amide bonds. The maximum absolute atomic E-state index is 7.26. The Morgan fingerprint density at radius 3 is 2.31 bits per heavy atom. The highest BCUT2D eigenvalue weighted by atomic mass is 14.9. The zero-order chi connectivity index (χ0) is 12.0. The fourth-order valence-electron chi connectivity index (χ4n) is 1.05. The summed E-state index contributed by atoms with van der Waals surface area (Å²) in [7, 11) is 0. The van der Waals surface area contributed by atoms with Gasteiger partial charge in [0.25, 0.3) is 0 Å². The van der Waals surface area contributed by atoms with Gasteiger partial charge in [0.15, 0.2) is 11.7 Å². The minimum absolute atomic E-state index is 0.282. The molecule has 0 saturated heterocycles. The molecule has 1 rings (SSSR count). The predicted octanol–water partition coefficient (Wildman–Crippen LogP) is 0.970. The first-order valence-electron chi connectivity index (χ1n) is 4.59. The van der Waals surface area contributed by atoms with Crippen molar-refractivity contribution in [3.63, 3.8) is 0 Å². The highest BCUT2D eigenvalue weighted by molar-refractivity contribution is 6.39. The van der Waals surface area contributed by atoms with E-state index in [9.17, 15) is 0 Å². The zero-order valence-corrected chi connectivity index (χ0v) is 8.64. The van der Waals surface area contributed by atoms with Crippen LogP contribution >= 0.6 is 0 Å². The van der Waals surface area contributed by atoms with Crippen molar-refractivity contribution in [3.8, 4) is 0 Å². The minimum atomic E-state index is -0.374. The summed E-state index contributed by atoms with van der Waals surface area (Å²) in [5.74, 6) is -0.657. The van der Waals surface area contributed by atoms with Crippen LogP contribution in [0, 0.1) is 10.8 Å². The molecule has 0 bridgehead atoms. The topological polar surface area (TPSA) is 112 Å². The molecule has 5 nitrogen and oxygen atoms in total. The largest absolute Gasteiger partial charge is 0.404 e. The van der Waals surface area contributed by atoms with Crippen molar-refractivity contribution in [2.24, 2.45) is 16.5 Å². The maximum Gasteiger partial charge on any atom is 0.187 e. The molecule has 6 N–H and O–H groups in total. The SMILES string of the molecule is N=C(N)C(=N)N=CC(=CN)c1ccccc1. The standard InChI is InChI=1S/C11H13N5/c12-6-9(7-16-11(15)10(13)14)8-4-2-1-3-5-8/h1-7,15H,12H2,(H3,13,14). The van der Waals surface area contributed by atoms with E-state index in [0.29, 0.717) is 5.57 Å². The van der Waals surface area contributed by atoms with Gasteiger partial charge in [0.05, 0.1) is 0 Å². The molecule has 1 aromatic rings. The van der Waals surface area contributed by atoms with E-state index in [4.69, 9.17) is 22.3 Å². The molecular weight excluding hydrogens is 202 g/mol. The van der Waals surface area contributed by atoms with Crippen LogP contribution in [0.15, 0.2) is 41.5 Å². The summed E-state index contributed by atoms with van der Waals surface area (Å²) in [5.41, 5.74) is 12.1. The molecular formula is C11H13N5. The summed E-state index contributed by atoms with van der Waals surface area (Å²) in [6.45, 7) is 0. The van der Waals surface area contributed by atoms with Gasteiger partial charge in [-0.15, -0.1) is 0 Å². The number of allylic oxidation sites excluding steroid dienone is 1. The van der Waals surface area contributed by atoms with Crippen LogP contribution in [0.3, 0.4) is 0 Å². The molecule has 0 fully saturated rings. The fourth-order valence-corrected chi connectivity index (χ4v) is 1.05. The van der Waals surface area contributed by atoms with Gasteiger partial charge < -0.3 is 11.5 Å². The Morgan fingerprint density at radius 1 is 1.19 bits per heavy atom. The van der Waals surface area contributed by atoms with Crippen molar-refractivity contribution in [2.45, 2.75) is 0 Å². The highest BCUT2D eigenvalue weighted by Crippen LogP contribution is 2.09. The van der Waals surface area contributed by atoms with E-state index in [1.807, 2.05) is 30.3 Å². The Balaban J connectivity index is 2.87. The van der Waals surface area contributed by atoms with E-state index in [0.717, 1.165) is 5.56 Å². The number of hydrogen-bond acceptors (Lipinski definition) is 3. The van der Waals surface area contributed by atoms with E-state index in [2.05, 4.69) is 4.99 Å². The van der Waals surface area contributed by atoms with E-state index < -0.39 is 0 Å². The third-order valence-electron chi connectivity index (χ3n) is 1.87. The number of nitrogens with two attached hydrogens (primary N) is 2. The first-order chi connectivity index (χ1) is 7.65. The molecule has 0 aliphatic heterocycles. The van der Waals surface area contributed by atoms with Crippen LogP contribution in [-0.2, 0) is 0 Å². The van der Waals surface area contributed by atoms with Gasteiger partial charge in [-0.2, -0.15) is 0 Å². The Morgan fingerprint density at radius 2 is 1.81 bits per heavy atom. The van der Waals surface area contributed by atoms with Crippen molar-refractivity contribution in [1.82, 2.24) is 0 Å². The first kappa shape index (κ1) is 11.6. The summed E-state index contributed by atoms with van der Waals surface area (Å²) >= 11 is 0. The molecule has 5 heteroatoms. The predicted molar refractivity (Wildman–Crippen MR) is 66.7 cm³/mol. The van der Waals surface area contributed by atoms with Gasteiger partial charge >= 0.3 is 0 Å². The third kappa shape index (κ3) is 3.06. The zero-order valence-electron chi connectivity index (χ0n) is 8.64. The molecule has 0 saturated carbocycles. The molecule has 0 unspecified atom stereocenters. The summed E-state index contributed by atoms with van der Waals surface area (Å²) in [5, 5.41) is 14.3. The monoisotopic (exact) mass is 215 g/mol. The molecule has 82 valence electrons. The van der Waals surface area contributed by atoms with Crippen molar-refractivity contribution in [1.29, 1.82) is 10.8 Å². The van der Waals surface area contributed by atoms with E-state index in [-0.39, 0.29) is 11.7 Å². The van der Waals surface area contributed by atoms with Crippen LogP contribution in [0.2, 0.25) is 0 Å². The van der Waals surface area contributed by atoms with Crippen LogP contribution in [0.4, 0.5) is 0 Å². The average Bonchev–Trinajstić information content (AvgIpc) is 2.30. The van der Waals surface area contributed by atoms with Crippen LogP contribution in [0.5, 0.6) is 0 Å². The lowest BCUT2D eigenvalue weighted by molar-refractivity contribution is 1.41. The van der Waals surface area contributed by atoms with Crippen LogP contribution in [-0.4, -0.2) is 17.9 Å². The Kier molecular flexibility index (Phi) is 3.97. The lowest BCUT2D eigenvalue weighted by atomic mass is 10.1. The van der Waals surface area contributed by atoms with Crippen molar-refractivity contribution >= 4 is 23.5 Å². The molecule has 0 radical (unpaired) electrons. The Labute approximate surface area is 93.5 Å². The molecule has 16 heavy (non-hydrogen) atoms. The quantitative estimate of drug-likeness (QED) is 0.435. The number of aliphatic imine (C=N–C) groups is 1. The lowest BCUT2D eigenvalue weighted by Crippen LogP contribution is -2.19. The normalized spacial score (nSPS) is 11.6. The summed E-state index contributed by atoms with van der Waals surface area (Å²) < 4.78 is 0. The molecule has 0 heterocycles. The van der Waals surface area contributed by atoms with Crippen LogP contribution in [0.25, 0.3) is 5.57 Å². The van der Waals surface area contributed by atoms with Gasteiger partial charge in [0.2, 0.25) is 0 Å². The van der Waals surface area contributed by atoms with E-state index in [1.165, 1.54) is 12.4 Å². The molecule has 0 spiro atoms. The molecule has 0 atom stereocenters. The number of nitrogens with zero attached hydrogens (tertiary/aromatic N) is 1. The van der Waals surface area contributed by atoms with Crippen molar-refractivity contribution in [2.75, 3.05) is 0 Å². The first-order valence-corrected chi connectivity index (χ1v) is 4.59. The van der Waals surface area contributed by atoms with Gasteiger partial charge in [-0.1, -0.05) is 30.3 Å². The second kappa shape index (κ2) is 5.45. The number of rotatable bonds is 2. The van der Waals surface area contributed by atoms with Crippen LogP contribution in [0.1, 0.15) is 5.56 Å². The second-order valence-corrected chi connectivity index (χ2v) is 3.01. The molecule has 0 aliphatic rings. The highest BCUT2D eigenvalue weighted by Gasteiger charge is 1.99. The smallest absolute Gasteiger partial charge is 0.187 e. The summed E-state index contributed by atoms with van der Waals surface area (Å²) in [6.07, 6.45) is 2.81. The van der Waals surface area contributed by atoms with Gasteiger partial charge in [0.1, 0.15) is 0 Å². The average molecular weight is 215 g/mol. The van der Waals surface area contributed by atoms with Gasteiger partial charge in [-0.05, 0) is 5.56 Å². The van der Waals surface area contributed by atoms with E-state index >= 15 is 0 Å². The summed E-state index contributed by atoms with van der Waals surface area (Å²) in [6, 6.07) is 9.41. The van der Waals surface area contributed by atoms with Crippen molar-refractivity contribution < 1.29 is 0 Å². The third-order valence-corrected chi connectivity index (χ3v) is 1.87. The van der Waals surface area contributed by atoms with Crippen LogP contribution < -0.4 is 11.5 Å². The maximum atomic E-state index is 7.26. The Hall–Kier alpha value is -2.43. The van der Waals surface area contributed by atoms with Gasteiger partial charge in [0, 0.05) is 18.0 Å². The number of amidine groups is 2. The molecule has 0 aliphatic carbocycles. The van der Waals surface area contributed by atoms with E-state index in [1.54, 1.807) is 0 Å². The number of hydrogen-bond donors (Lipinski definition) is 4. The fraction of sp³-hybridized carbons (Fsp3) is 0. The molecule has 0 aromatic heterocycles. The Bertz CT molecular complexity index is 445. The van der Waals surface area contributed by atoms with Crippen molar-refractivity contribution in [3.05, 3.63) is 42.1 Å².